The lowest BCUT2D eigenvalue weighted by Gasteiger charge is -2.18. The Morgan fingerprint density at radius 1 is 1.05 bits per heavy atom. The first-order valence-electron chi connectivity index (χ1n) is 7.47. The number of nitrogens with one attached hydrogen (secondary N) is 1. The molecule has 1 N–H and O–H groups in total. The van der Waals surface area contributed by atoms with E-state index in [2.05, 4.69) is 51.2 Å². The van der Waals surface area contributed by atoms with Gasteiger partial charge in [0.05, 0.1) is 6.10 Å². The molecule has 0 aliphatic rings. The predicted octanol–water partition coefficient (Wildman–Crippen LogP) is 5.63. The third-order valence-corrected chi connectivity index (χ3v) is 4.47. The van der Waals surface area contributed by atoms with E-state index in [1.807, 2.05) is 31.3 Å². The van der Waals surface area contributed by atoms with Crippen molar-refractivity contribution in [1.29, 1.82) is 0 Å². The van der Waals surface area contributed by atoms with Gasteiger partial charge in [0.25, 0.3) is 0 Å². The molecule has 1 aromatic heterocycles. The molecule has 0 spiro atoms. The SMILES string of the molecule is Cc1cc(C(C)Nc2ccc(OC(C)C)cc2C)c(C)s1. The molecule has 2 nitrogen and oxygen atoms in total. The lowest BCUT2D eigenvalue weighted by Crippen LogP contribution is -2.09. The van der Waals surface area contributed by atoms with E-state index >= 15 is 0 Å². The number of thiophene rings is 1. The summed E-state index contributed by atoms with van der Waals surface area (Å²) in [5.41, 5.74) is 3.77. The normalized spacial score (nSPS) is 12.5. The van der Waals surface area contributed by atoms with Crippen LogP contribution in [0.1, 0.15) is 47.7 Å². The van der Waals surface area contributed by atoms with Gasteiger partial charge in [-0.05, 0) is 76.9 Å². The summed E-state index contributed by atoms with van der Waals surface area (Å²) in [5, 5.41) is 3.61. The number of hydrogen-bond donors (Lipinski definition) is 1. The molecule has 0 saturated heterocycles. The molecule has 2 aromatic rings. The number of ether oxygens (including phenoxy) is 1. The Bertz CT molecular complexity index is 616. The van der Waals surface area contributed by atoms with Crippen LogP contribution >= 0.6 is 11.3 Å². The summed E-state index contributed by atoms with van der Waals surface area (Å²) >= 11 is 1.86. The molecule has 0 aliphatic carbocycles. The van der Waals surface area contributed by atoms with E-state index < -0.39 is 0 Å². The average molecular weight is 303 g/mol. The first-order chi connectivity index (χ1) is 9.86. The summed E-state index contributed by atoms with van der Waals surface area (Å²) in [7, 11) is 0. The highest BCUT2D eigenvalue weighted by atomic mass is 32.1. The van der Waals surface area contributed by atoms with Crippen LogP contribution in [0.15, 0.2) is 24.3 Å². The topological polar surface area (TPSA) is 21.3 Å². The van der Waals surface area contributed by atoms with Crippen LogP contribution in [0.2, 0.25) is 0 Å². The monoisotopic (exact) mass is 303 g/mol. The van der Waals surface area contributed by atoms with E-state index in [0.717, 1.165) is 5.75 Å². The molecule has 3 heteroatoms. The fourth-order valence-electron chi connectivity index (χ4n) is 2.53. The van der Waals surface area contributed by atoms with Gasteiger partial charge in [-0.3, -0.25) is 0 Å². The molecular weight excluding hydrogens is 278 g/mol. The van der Waals surface area contributed by atoms with Crippen LogP contribution in [0.5, 0.6) is 5.75 Å². The predicted molar refractivity (Wildman–Crippen MR) is 92.8 cm³/mol. The van der Waals surface area contributed by atoms with Crippen molar-refractivity contribution >= 4 is 17.0 Å². The fraction of sp³-hybridized carbons (Fsp3) is 0.444. The van der Waals surface area contributed by atoms with Crippen LogP contribution in [0.25, 0.3) is 0 Å². The highest BCUT2D eigenvalue weighted by molar-refractivity contribution is 7.12. The lowest BCUT2D eigenvalue weighted by atomic mass is 10.1. The van der Waals surface area contributed by atoms with Crippen molar-refractivity contribution < 1.29 is 4.74 Å². The zero-order valence-corrected chi connectivity index (χ0v) is 14.6. The van der Waals surface area contributed by atoms with E-state index in [1.54, 1.807) is 0 Å². The number of anilines is 1. The first-order valence-corrected chi connectivity index (χ1v) is 8.29. The van der Waals surface area contributed by atoms with Crippen molar-refractivity contribution in [1.82, 2.24) is 0 Å². The Morgan fingerprint density at radius 2 is 1.76 bits per heavy atom. The van der Waals surface area contributed by atoms with Gasteiger partial charge in [0.1, 0.15) is 5.75 Å². The van der Waals surface area contributed by atoms with E-state index in [1.165, 1.54) is 26.6 Å². The Balaban J connectivity index is 2.14. The van der Waals surface area contributed by atoms with Crippen molar-refractivity contribution in [3.05, 3.63) is 45.1 Å². The summed E-state index contributed by atoms with van der Waals surface area (Å²) in [6.45, 7) is 12.8. The molecule has 1 unspecified atom stereocenters. The summed E-state index contributed by atoms with van der Waals surface area (Å²) in [6, 6.07) is 8.83. The number of hydrogen-bond acceptors (Lipinski definition) is 3. The molecule has 0 bridgehead atoms. The summed E-state index contributed by atoms with van der Waals surface area (Å²) in [4.78, 5) is 2.76. The number of rotatable bonds is 5. The molecule has 21 heavy (non-hydrogen) atoms. The van der Waals surface area contributed by atoms with Crippen LogP contribution in [0, 0.1) is 20.8 Å². The highest BCUT2D eigenvalue weighted by Gasteiger charge is 2.12. The van der Waals surface area contributed by atoms with Gasteiger partial charge in [-0.25, -0.2) is 0 Å². The molecule has 1 aromatic carbocycles. The Hall–Kier alpha value is -1.48. The van der Waals surface area contributed by atoms with E-state index in [0.29, 0.717) is 6.04 Å². The second-order valence-electron chi connectivity index (χ2n) is 5.88. The van der Waals surface area contributed by atoms with Crippen molar-refractivity contribution in [2.24, 2.45) is 0 Å². The van der Waals surface area contributed by atoms with E-state index in [-0.39, 0.29) is 6.10 Å². The molecule has 0 fully saturated rings. The van der Waals surface area contributed by atoms with Crippen LogP contribution in [-0.2, 0) is 0 Å². The van der Waals surface area contributed by atoms with Gasteiger partial charge in [-0.2, -0.15) is 0 Å². The van der Waals surface area contributed by atoms with E-state index in [9.17, 15) is 0 Å². The molecule has 114 valence electrons. The molecule has 0 saturated carbocycles. The van der Waals surface area contributed by atoms with E-state index in [4.69, 9.17) is 4.74 Å². The Kier molecular flexibility index (Phi) is 4.94. The summed E-state index contributed by atoms with van der Waals surface area (Å²) < 4.78 is 5.74. The minimum absolute atomic E-state index is 0.207. The molecule has 0 radical (unpaired) electrons. The smallest absolute Gasteiger partial charge is 0.120 e. The summed E-state index contributed by atoms with van der Waals surface area (Å²) in [5.74, 6) is 0.934. The lowest BCUT2D eigenvalue weighted by molar-refractivity contribution is 0.242. The van der Waals surface area contributed by atoms with Crippen LogP contribution in [0.3, 0.4) is 0 Å². The molecular formula is C18H25NOS. The standard InChI is InChI=1S/C18H25NOS/c1-11(2)20-16-7-8-18(12(3)9-16)19-14(5)17-10-13(4)21-15(17)6/h7-11,14,19H,1-6H3. The van der Waals surface area contributed by atoms with Crippen molar-refractivity contribution in [2.45, 2.75) is 53.7 Å². The number of benzene rings is 1. The fourth-order valence-corrected chi connectivity index (χ4v) is 3.56. The van der Waals surface area contributed by atoms with Gasteiger partial charge in [0, 0.05) is 21.5 Å². The molecule has 1 heterocycles. The maximum Gasteiger partial charge on any atom is 0.120 e. The van der Waals surface area contributed by atoms with Gasteiger partial charge >= 0.3 is 0 Å². The highest BCUT2D eigenvalue weighted by Crippen LogP contribution is 2.30. The largest absolute Gasteiger partial charge is 0.491 e. The van der Waals surface area contributed by atoms with Crippen LogP contribution < -0.4 is 10.1 Å². The van der Waals surface area contributed by atoms with Gasteiger partial charge in [-0.1, -0.05) is 0 Å². The Labute approximate surface area is 132 Å². The second-order valence-corrected chi connectivity index (χ2v) is 7.34. The molecule has 0 amide bonds. The zero-order valence-electron chi connectivity index (χ0n) is 13.8. The third-order valence-electron chi connectivity index (χ3n) is 3.49. The zero-order chi connectivity index (χ0) is 15.6. The Morgan fingerprint density at radius 3 is 2.29 bits per heavy atom. The third kappa shape index (κ3) is 4.01. The van der Waals surface area contributed by atoms with Crippen molar-refractivity contribution in [3.63, 3.8) is 0 Å². The molecule has 2 rings (SSSR count). The van der Waals surface area contributed by atoms with Crippen LogP contribution in [0.4, 0.5) is 5.69 Å². The van der Waals surface area contributed by atoms with Gasteiger partial charge in [-0.15, -0.1) is 11.3 Å². The molecule has 1 atom stereocenters. The minimum atomic E-state index is 0.207. The number of aryl methyl sites for hydroxylation is 3. The quantitative estimate of drug-likeness (QED) is 0.772. The van der Waals surface area contributed by atoms with Gasteiger partial charge in [0.15, 0.2) is 0 Å². The van der Waals surface area contributed by atoms with Gasteiger partial charge in [0.2, 0.25) is 0 Å². The molecule has 0 aliphatic heterocycles. The maximum absolute atomic E-state index is 5.74. The van der Waals surface area contributed by atoms with Gasteiger partial charge < -0.3 is 10.1 Å². The second kappa shape index (κ2) is 6.52. The summed E-state index contributed by atoms with van der Waals surface area (Å²) in [6.07, 6.45) is 0.207. The minimum Gasteiger partial charge on any atom is -0.491 e. The first kappa shape index (κ1) is 15.9. The van der Waals surface area contributed by atoms with Crippen molar-refractivity contribution in [3.8, 4) is 5.75 Å². The van der Waals surface area contributed by atoms with Crippen molar-refractivity contribution in [2.75, 3.05) is 5.32 Å². The maximum atomic E-state index is 5.74. The van der Waals surface area contributed by atoms with Crippen LogP contribution in [-0.4, -0.2) is 6.10 Å². The average Bonchev–Trinajstić information content (AvgIpc) is 2.71.